The van der Waals surface area contributed by atoms with Crippen molar-refractivity contribution in [2.45, 2.75) is 32.8 Å². The zero-order chi connectivity index (χ0) is 7.33. The lowest BCUT2D eigenvalue weighted by Gasteiger charge is -2.17. The van der Waals surface area contributed by atoms with Crippen LogP contribution < -0.4 is 0 Å². The van der Waals surface area contributed by atoms with E-state index in [2.05, 4.69) is 0 Å². The van der Waals surface area contributed by atoms with Gasteiger partial charge >= 0.3 is 0 Å². The van der Waals surface area contributed by atoms with Crippen molar-refractivity contribution in [1.29, 1.82) is 0 Å². The molecule has 1 radical (unpaired) electrons. The predicted molar refractivity (Wildman–Crippen MR) is 35.8 cm³/mol. The highest BCUT2D eigenvalue weighted by Crippen LogP contribution is 2.08. The fourth-order valence-electron chi connectivity index (χ4n) is 0.337. The van der Waals surface area contributed by atoms with Crippen molar-refractivity contribution in [1.82, 2.24) is 0 Å². The van der Waals surface area contributed by atoms with Crippen LogP contribution in [0.15, 0.2) is 0 Å². The quantitative estimate of drug-likeness (QED) is 0.427. The van der Waals surface area contributed by atoms with Gasteiger partial charge in [-0.15, -0.1) is 0 Å². The maximum atomic E-state index is 9.78. The number of ether oxygens (including phenoxy) is 1. The fourth-order valence-corrected chi connectivity index (χ4v) is 0.337. The monoisotopic (exact) mass is 129 g/mol. The average molecular weight is 129 g/mol. The molecular formula is C7H13O2. The van der Waals surface area contributed by atoms with Crippen LogP contribution in [0.2, 0.25) is 0 Å². The Labute approximate surface area is 56.2 Å². The third-order valence-electron chi connectivity index (χ3n) is 0.629. The molecule has 0 bridgehead atoms. The Kier molecular flexibility index (Phi) is 3.47. The Bertz CT molecular complexity index is 81.4. The second-order valence-electron chi connectivity index (χ2n) is 2.80. The van der Waals surface area contributed by atoms with Gasteiger partial charge in [-0.1, -0.05) is 0 Å². The van der Waals surface area contributed by atoms with Crippen LogP contribution in [0.3, 0.4) is 0 Å². The second-order valence-corrected chi connectivity index (χ2v) is 2.80. The largest absolute Gasteiger partial charge is 0.369 e. The van der Waals surface area contributed by atoms with Crippen molar-refractivity contribution in [3.8, 4) is 0 Å². The van der Waals surface area contributed by atoms with E-state index in [4.69, 9.17) is 4.74 Å². The lowest BCUT2D eigenvalue weighted by molar-refractivity contribution is -0.108. The molecule has 0 amide bonds. The maximum absolute atomic E-state index is 9.78. The summed E-state index contributed by atoms with van der Waals surface area (Å²) in [7, 11) is 0. The van der Waals surface area contributed by atoms with E-state index >= 15 is 0 Å². The molecule has 0 aromatic heterocycles. The molecule has 0 aromatic rings. The molecule has 2 heteroatoms. The van der Waals surface area contributed by atoms with Crippen LogP contribution in [0.5, 0.6) is 0 Å². The van der Waals surface area contributed by atoms with E-state index < -0.39 is 0 Å². The summed E-state index contributed by atoms with van der Waals surface area (Å²) in [6, 6.07) is 0. The van der Waals surface area contributed by atoms with Gasteiger partial charge in [0.15, 0.2) is 0 Å². The molecule has 0 heterocycles. The molecule has 0 spiro atoms. The molecule has 0 saturated carbocycles. The van der Waals surface area contributed by atoms with Crippen molar-refractivity contribution in [3.05, 3.63) is 6.61 Å². The minimum absolute atomic E-state index is 0.164. The van der Waals surface area contributed by atoms with E-state index in [0.29, 0.717) is 6.42 Å². The first kappa shape index (κ1) is 8.63. The Morgan fingerprint density at radius 1 is 1.44 bits per heavy atom. The third-order valence-corrected chi connectivity index (χ3v) is 0.629. The Balaban J connectivity index is 3.17. The lowest BCUT2D eigenvalue weighted by Crippen LogP contribution is -2.17. The molecule has 53 valence electrons. The standard InChI is InChI=1S/C7H13O2/c1-7(2,3)9-6-4-5-8/h5-6H,4H2,1-3H3. The summed E-state index contributed by atoms with van der Waals surface area (Å²) in [4.78, 5) is 9.78. The molecule has 0 atom stereocenters. The third kappa shape index (κ3) is 7.63. The molecule has 0 unspecified atom stereocenters. The molecule has 0 aliphatic rings. The molecule has 0 N–H and O–H groups in total. The number of hydrogen-bond donors (Lipinski definition) is 0. The molecule has 0 aromatic carbocycles. The van der Waals surface area contributed by atoms with Gasteiger partial charge in [0, 0.05) is 6.42 Å². The van der Waals surface area contributed by atoms with Gasteiger partial charge in [0.25, 0.3) is 0 Å². The highest BCUT2D eigenvalue weighted by atomic mass is 16.5. The van der Waals surface area contributed by atoms with Gasteiger partial charge in [-0.25, -0.2) is 0 Å². The van der Waals surface area contributed by atoms with E-state index in [1.807, 2.05) is 20.8 Å². The molecule has 9 heavy (non-hydrogen) atoms. The Morgan fingerprint density at radius 3 is 2.33 bits per heavy atom. The van der Waals surface area contributed by atoms with Crippen LogP contribution in [-0.4, -0.2) is 11.9 Å². The zero-order valence-electron chi connectivity index (χ0n) is 6.18. The lowest BCUT2D eigenvalue weighted by atomic mass is 10.2. The predicted octanol–water partition coefficient (Wildman–Crippen LogP) is 1.55. The molecular weight excluding hydrogens is 116 g/mol. The molecule has 0 rings (SSSR count). The van der Waals surface area contributed by atoms with E-state index in [0.717, 1.165) is 6.29 Å². The Hall–Kier alpha value is -0.370. The van der Waals surface area contributed by atoms with E-state index in [1.54, 1.807) is 0 Å². The van der Waals surface area contributed by atoms with Gasteiger partial charge in [0.05, 0.1) is 12.2 Å². The topological polar surface area (TPSA) is 26.3 Å². The van der Waals surface area contributed by atoms with Crippen LogP contribution in [0.25, 0.3) is 0 Å². The van der Waals surface area contributed by atoms with Gasteiger partial charge in [-0.3, -0.25) is 0 Å². The number of hydrogen-bond acceptors (Lipinski definition) is 2. The van der Waals surface area contributed by atoms with Crippen LogP contribution in [0, 0.1) is 6.61 Å². The van der Waals surface area contributed by atoms with Crippen molar-refractivity contribution >= 4 is 6.29 Å². The minimum atomic E-state index is -0.164. The summed E-state index contributed by atoms with van der Waals surface area (Å²) in [6.45, 7) is 7.34. The van der Waals surface area contributed by atoms with Crippen molar-refractivity contribution in [2.24, 2.45) is 0 Å². The zero-order valence-corrected chi connectivity index (χ0v) is 6.18. The summed E-state index contributed by atoms with van der Waals surface area (Å²) in [6.07, 6.45) is 1.18. The van der Waals surface area contributed by atoms with Crippen molar-refractivity contribution in [3.63, 3.8) is 0 Å². The molecule has 0 saturated heterocycles. The van der Waals surface area contributed by atoms with E-state index in [1.165, 1.54) is 6.61 Å². The van der Waals surface area contributed by atoms with Crippen LogP contribution in [0.4, 0.5) is 0 Å². The number of rotatable bonds is 3. The molecule has 2 nitrogen and oxygen atoms in total. The van der Waals surface area contributed by atoms with Crippen LogP contribution in [0.1, 0.15) is 27.2 Å². The highest BCUT2D eigenvalue weighted by molar-refractivity contribution is 5.50. The van der Waals surface area contributed by atoms with Gasteiger partial charge in [-0.2, -0.15) is 0 Å². The van der Waals surface area contributed by atoms with Crippen molar-refractivity contribution in [2.75, 3.05) is 0 Å². The summed E-state index contributed by atoms with van der Waals surface area (Å²) in [5.74, 6) is 0. The second kappa shape index (κ2) is 3.62. The summed E-state index contributed by atoms with van der Waals surface area (Å²) < 4.78 is 5.11. The highest BCUT2D eigenvalue weighted by Gasteiger charge is 2.08. The number of carbonyl (C=O) groups excluding carboxylic acids is 1. The van der Waals surface area contributed by atoms with Gasteiger partial charge in [-0.05, 0) is 20.8 Å². The van der Waals surface area contributed by atoms with Crippen LogP contribution >= 0.6 is 0 Å². The first-order chi connectivity index (χ1) is 4.06. The smallest absolute Gasteiger partial charge is 0.122 e. The molecule has 0 aliphatic carbocycles. The maximum Gasteiger partial charge on any atom is 0.122 e. The van der Waals surface area contributed by atoms with Gasteiger partial charge in [0.1, 0.15) is 6.29 Å². The normalized spacial score (nSPS) is 11.4. The molecule has 0 fully saturated rings. The average Bonchev–Trinajstić information content (AvgIpc) is 1.63. The first-order valence-corrected chi connectivity index (χ1v) is 2.99. The van der Waals surface area contributed by atoms with Crippen LogP contribution in [-0.2, 0) is 9.53 Å². The number of aldehydes is 1. The summed E-state index contributed by atoms with van der Waals surface area (Å²) in [5.41, 5.74) is -0.164. The molecule has 0 aliphatic heterocycles. The van der Waals surface area contributed by atoms with Gasteiger partial charge in [0.2, 0.25) is 0 Å². The van der Waals surface area contributed by atoms with E-state index in [-0.39, 0.29) is 5.60 Å². The SMILES string of the molecule is CC(C)(C)O[CH]CC=O. The Morgan fingerprint density at radius 2 is 2.00 bits per heavy atom. The fraction of sp³-hybridized carbons (Fsp3) is 0.714. The summed E-state index contributed by atoms with van der Waals surface area (Å²) >= 11 is 0. The summed E-state index contributed by atoms with van der Waals surface area (Å²) in [5, 5.41) is 0. The van der Waals surface area contributed by atoms with E-state index in [9.17, 15) is 4.79 Å². The first-order valence-electron chi connectivity index (χ1n) is 2.99. The number of carbonyl (C=O) groups is 1. The van der Waals surface area contributed by atoms with Crippen molar-refractivity contribution < 1.29 is 9.53 Å². The minimum Gasteiger partial charge on any atom is -0.369 e. The van der Waals surface area contributed by atoms with Gasteiger partial charge < -0.3 is 9.53 Å².